The number of pyridine rings is 1. The molecule has 0 aliphatic carbocycles. The van der Waals surface area contributed by atoms with Gasteiger partial charge in [0.2, 0.25) is 0 Å². The number of anilines is 1. The van der Waals surface area contributed by atoms with E-state index < -0.39 is 6.61 Å². The fourth-order valence-corrected chi connectivity index (χ4v) is 2.08. The van der Waals surface area contributed by atoms with Crippen LogP contribution in [0.3, 0.4) is 0 Å². The molecule has 2 N–H and O–H groups in total. The Morgan fingerprint density at radius 1 is 1.00 bits per heavy atom. The predicted octanol–water partition coefficient (Wildman–Crippen LogP) is 3.66. The molecule has 0 fully saturated rings. The molecule has 0 saturated heterocycles. The maximum Gasteiger partial charge on any atom is 0.387 e. The molecule has 0 bridgehead atoms. The van der Waals surface area contributed by atoms with Crippen molar-refractivity contribution < 1.29 is 13.5 Å². The number of rotatable bonds is 10. The van der Waals surface area contributed by atoms with Crippen molar-refractivity contribution in [1.29, 1.82) is 0 Å². The predicted molar refractivity (Wildman–Crippen MR) is 86.7 cm³/mol. The van der Waals surface area contributed by atoms with Crippen LogP contribution in [0.2, 0.25) is 0 Å². The summed E-state index contributed by atoms with van der Waals surface area (Å²) in [6.45, 7) is -0.279. The van der Waals surface area contributed by atoms with Gasteiger partial charge in [-0.25, -0.2) is 4.98 Å². The Morgan fingerprint density at radius 2 is 1.78 bits per heavy atom. The fourth-order valence-electron chi connectivity index (χ4n) is 2.08. The summed E-state index contributed by atoms with van der Waals surface area (Å²) >= 11 is 0. The van der Waals surface area contributed by atoms with Crippen molar-refractivity contribution in [3.8, 4) is 5.75 Å². The van der Waals surface area contributed by atoms with E-state index in [2.05, 4.69) is 20.4 Å². The van der Waals surface area contributed by atoms with Crippen molar-refractivity contribution in [3.63, 3.8) is 0 Å². The SMILES string of the molecule is FC(F)Oc1ccc(CNCCCCNc2ccccn2)cc1. The standard InChI is InChI=1S/C17H21F2N3O/c18-17(19)23-15-8-6-14(7-9-15)13-20-10-3-4-12-22-16-5-1-2-11-21-16/h1-2,5-9,11,17,20H,3-4,10,12-13H2,(H,21,22). The van der Waals surface area contributed by atoms with E-state index in [1.165, 1.54) is 0 Å². The molecule has 0 amide bonds. The van der Waals surface area contributed by atoms with E-state index >= 15 is 0 Å². The number of alkyl halides is 2. The summed E-state index contributed by atoms with van der Waals surface area (Å²) in [6.07, 6.45) is 3.86. The Bertz CT molecular complexity index is 550. The minimum absolute atomic E-state index is 0.185. The maximum absolute atomic E-state index is 12.0. The monoisotopic (exact) mass is 321 g/mol. The summed E-state index contributed by atoms with van der Waals surface area (Å²) in [5.41, 5.74) is 1.04. The summed E-state index contributed by atoms with van der Waals surface area (Å²) in [4.78, 5) is 4.19. The molecule has 0 saturated carbocycles. The van der Waals surface area contributed by atoms with E-state index in [1.54, 1.807) is 30.5 Å². The molecule has 124 valence electrons. The molecule has 0 unspecified atom stereocenters. The molecule has 0 radical (unpaired) electrons. The van der Waals surface area contributed by atoms with Crippen molar-refractivity contribution in [2.24, 2.45) is 0 Å². The van der Waals surface area contributed by atoms with Crippen LogP contribution in [0.1, 0.15) is 18.4 Å². The minimum atomic E-state index is -2.78. The quantitative estimate of drug-likeness (QED) is 0.656. The van der Waals surface area contributed by atoms with Gasteiger partial charge in [-0.15, -0.1) is 0 Å². The lowest BCUT2D eigenvalue weighted by Gasteiger charge is -2.08. The second-order valence-corrected chi connectivity index (χ2v) is 5.05. The number of hydrogen-bond donors (Lipinski definition) is 2. The summed E-state index contributed by atoms with van der Waals surface area (Å²) in [5, 5.41) is 6.59. The molecule has 0 aliphatic heterocycles. The highest BCUT2D eigenvalue weighted by Gasteiger charge is 2.03. The summed E-state index contributed by atoms with van der Waals surface area (Å²) in [6, 6.07) is 12.5. The molecule has 23 heavy (non-hydrogen) atoms. The Hall–Kier alpha value is -2.21. The third kappa shape index (κ3) is 7.06. The van der Waals surface area contributed by atoms with Gasteiger partial charge in [0.05, 0.1) is 0 Å². The second-order valence-electron chi connectivity index (χ2n) is 5.05. The Kier molecular flexibility index (Phi) is 7.26. The molecule has 0 atom stereocenters. The van der Waals surface area contributed by atoms with E-state index in [4.69, 9.17) is 0 Å². The van der Waals surface area contributed by atoms with Crippen molar-refractivity contribution in [2.45, 2.75) is 26.0 Å². The molecule has 1 aromatic carbocycles. The third-order valence-corrected chi connectivity index (χ3v) is 3.23. The van der Waals surface area contributed by atoms with Gasteiger partial charge >= 0.3 is 6.61 Å². The number of aromatic nitrogens is 1. The van der Waals surface area contributed by atoms with Crippen LogP contribution in [0.25, 0.3) is 0 Å². The molecule has 0 aliphatic rings. The first-order valence-corrected chi connectivity index (χ1v) is 7.63. The normalized spacial score (nSPS) is 10.7. The summed E-state index contributed by atoms with van der Waals surface area (Å²) < 4.78 is 28.4. The van der Waals surface area contributed by atoms with Crippen molar-refractivity contribution in [3.05, 3.63) is 54.2 Å². The molecular weight excluding hydrogens is 300 g/mol. The Labute approximate surface area is 134 Å². The topological polar surface area (TPSA) is 46.2 Å². The van der Waals surface area contributed by atoms with Gasteiger partial charge in [-0.05, 0) is 49.2 Å². The van der Waals surface area contributed by atoms with Gasteiger partial charge in [0.25, 0.3) is 0 Å². The highest BCUT2D eigenvalue weighted by atomic mass is 19.3. The summed E-state index contributed by atoms with van der Waals surface area (Å²) in [7, 11) is 0. The number of nitrogens with zero attached hydrogens (tertiary/aromatic N) is 1. The average Bonchev–Trinajstić information content (AvgIpc) is 2.56. The number of halogens is 2. The number of hydrogen-bond acceptors (Lipinski definition) is 4. The lowest BCUT2D eigenvalue weighted by atomic mass is 10.2. The summed E-state index contributed by atoms with van der Waals surface area (Å²) in [5.74, 6) is 1.08. The van der Waals surface area contributed by atoms with Gasteiger partial charge in [0, 0.05) is 19.3 Å². The van der Waals surface area contributed by atoms with Crippen LogP contribution in [-0.4, -0.2) is 24.7 Å². The van der Waals surface area contributed by atoms with Crippen LogP contribution in [0, 0.1) is 0 Å². The van der Waals surface area contributed by atoms with Crippen molar-refractivity contribution >= 4 is 5.82 Å². The first-order chi connectivity index (χ1) is 11.2. The lowest BCUT2D eigenvalue weighted by molar-refractivity contribution is -0.0498. The van der Waals surface area contributed by atoms with Crippen molar-refractivity contribution in [1.82, 2.24) is 10.3 Å². The minimum Gasteiger partial charge on any atom is -0.435 e. The van der Waals surface area contributed by atoms with E-state index in [0.29, 0.717) is 6.54 Å². The number of benzene rings is 1. The highest BCUT2D eigenvalue weighted by Crippen LogP contribution is 2.14. The van der Waals surface area contributed by atoms with E-state index in [-0.39, 0.29) is 5.75 Å². The zero-order chi connectivity index (χ0) is 16.3. The van der Waals surface area contributed by atoms with Crippen LogP contribution in [0.5, 0.6) is 5.75 Å². The van der Waals surface area contributed by atoms with Crippen LogP contribution >= 0.6 is 0 Å². The fraction of sp³-hybridized carbons (Fsp3) is 0.353. The van der Waals surface area contributed by atoms with Crippen LogP contribution in [0.4, 0.5) is 14.6 Å². The number of nitrogens with one attached hydrogen (secondary N) is 2. The zero-order valence-electron chi connectivity index (χ0n) is 12.8. The maximum atomic E-state index is 12.0. The molecule has 0 spiro atoms. The van der Waals surface area contributed by atoms with Crippen LogP contribution in [0.15, 0.2) is 48.7 Å². The Morgan fingerprint density at radius 3 is 2.48 bits per heavy atom. The Balaban J connectivity index is 1.53. The number of unbranched alkanes of at least 4 members (excludes halogenated alkanes) is 1. The first-order valence-electron chi connectivity index (χ1n) is 7.63. The van der Waals surface area contributed by atoms with Crippen LogP contribution in [-0.2, 0) is 6.54 Å². The average molecular weight is 321 g/mol. The zero-order valence-corrected chi connectivity index (χ0v) is 12.8. The van der Waals surface area contributed by atoms with E-state index in [9.17, 15) is 8.78 Å². The van der Waals surface area contributed by atoms with Crippen LogP contribution < -0.4 is 15.4 Å². The van der Waals surface area contributed by atoms with Gasteiger partial charge in [0.15, 0.2) is 0 Å². The van der Waals surface area contributed by atoms with Gasteiger partial charge < -0.3 is 15.4 Å². The van der Waals surface area contributed by atoms with Gasteiger partial charge in [0.1, 0.15) is 11.6 Å². The van der Waals surface area contributed by atoms with E-state index in [0.717, 1.165) is 37.3 Å². The third-order valence-electron chi connectivity index (χ3n) is 3.23. The molecule has 4 nitrogen and oxygen atoms in total. The van der Waals surface area contributed by atoms with Crippen molar-refractivity contribution in [2.75, 3.05) is 18.4 Å². The molecule has 6 heteroatoms. The van der Waals surface area contributed by atoms with Gasteiger partial charge in [-0.2, -0.15) is 8.78 Å². The van der Waals surface area contributed by atoms with Gasteiger partial charge in [-0.1, -0.05) is 18.2 Å². The smallest absolute Gasteiger partial charge is 0.387 e. The first kappa shape index (κ1) is 17.1. The molecule has 2 aromatic rings. The highest BCUT2D eigenvalue weighted by molar-refractivity contribution is 5.32. The second kappa shape index (κ2) is 9.74. The number of ether oxygens (including phenoxy) is 1. The molecule has 2 rings (SSSR count). The molecule has 1 aromatic heterocycles. The molecule has 1 heterocycles. The lowest BCUT2D eigenvalue weighted by Crippen LogP contribution is -2.15. The largest absolute Gasteiger partial charge is 0.435 e. The van der Waals surface area contributed by atoms with E-state index in [1.807, 2.05) is 18.2 Å². The van der Waals surface area contributed by atoms with Gasteiger partial charge in [-0.3, -0.25) is 0 Å². The molecular formula is C17H21F2N3O.